The van der Waals surface area contributed by atoms with Crippen LogP contribution in [0.4, 0.5) is 0 Å². The normalized spacial score (nSPS) is 17.9. The maximum Gasteiger partial charge on any atom is 0.0844 e. The summed E-state index contributed by atoms with van der Waals surface area (Å²) in [7, 11) is 0. The van der Waals surface area contributed by atoms with Gasteiger partial charge in [0.25, 0.3) is 0 Å². The van der Waals surface area contributed by atoms with Gasteiger partial charge in [0.2, 0.25) is 0 Å². The molecule has 0 radical (unpaired) electrons. The third-order valence-electron chi connectivity index (χ3n) is 4.67. The topological polar surface area (TPSA) is 25.2 Å². The van der Waals surface area contributed by atoms with Crippen molar-refractivity contribution in [3.63, 3.8) is 0 Å². The molecule has 2 rings (SSSR count). The average molecular weight is 371 g/mol. The van der Waals surface area contributed by atoms with Gasteiger partial charge in [0.15, 0.2) is 0 Å². The molecule has 1 aromatic heterocycles. The van der Waals surface area contributed by atoms with Gasteiger partial charge in [-0.1, -0.05) is 53.7 Å². The second-order valence-corrected chi connectivity index (χ2v) is 7.75. The van der Waals surface area contributed by atoms with Gasteiger partial charge in [-0.25, -0.2) is 0 Å². The summed E-state index contributed by atoms with van der Waals surface area (Å²) >= 11 is 0. The Hall–Kier alpha value is -0.817. The summed E-state index contributed by atoms with van der Waals surface area (Å²) in [5.41, 5.74) is 2.50. The Labute approximate surface area is 141 Å². The van der Waals surface area contributed by atoms with E-state index in [1.807, 2.05) is 30.6 Å². The van der Waals surface area contributed by atoms with Crippen molar-refractivity contribution in [2.75, 3.05) is 0 Å². The largest absolute Gasteiger partial charge is 0.259 e. The molecule has 0 bridgehead atoms. The van der Waals surface area contributed by atoms with E-state index in [0.29, 0.717) is 0 Å². The van der Waals surface area contributed by atoms with Crippen LogP contribution in [0.3, 0.4) is 0 Å². The first-order valence-electron chi connectivity index (χ1n) is 7.33. The number of nitrogens with zero attached hydrogens (tertiary/aromatic N) is 2. The maximum absolute atomic E-state index is 4.60. The first-order valence-corrected chi connectivity index (χ1v) is 7.33. The number of allylic oxidation sites excluding steroid dienone is 1. The SMILES string of the molecule is CC(C)(C)C1(C(C)(C)C)C=CN=C(c2ccccn2)C1.[Ru]. The van der Waals surface area contributed by atoms with Gasteiger partial charge in [0.1, 0.15) is 0 Å². The molecular weight excluding hydrogens is 345 g/mol. The van der Waals surface area contributed by atoms with Crippen LogP contribution in [-0.2, 0) is 19.5 Å². The molecule has 0 fully saturated rings. The molecule has 0 amide bonds. The van der Waals surface area contributed by atoms with E-state index in [1.54, 1.807) is 0 Å². The second-order valence-electron chi connectivity index (χ2n) is 7.75. The van der Waals surface area contributed by atoms with E-state index in [2.05, 4.69) is 57.6 Å². The van der Waals surface area contributed by atoms with E-state index < -0.39 is 0 Å². The van der Waals surface area contributed by atoms with E-state index >= 15 is 0 Å². The van der Waals surface area contributed by atoms with Crippen LogP contribution in [0.1, 0.15) is 53.7 Å². The van der Waals surface area contributed by atoms with Crippen molar-refractivity contribution in [1.82, 2.24) is 4.98 Å². The minimum Gasteiger partial charge on any atom is -0.259 e. The number of hydrogen-bond acceptors (Lipinski definition) is 2. The molecular formula is C18H26N2Ru. The van der Waals surface area contributed by atoms with Crippen molar-refractivity contribution in [2.24, 2.45) is 21.2 Å². The molecule has 2 nitrogen and oxygen atoms in total. The predicted octanol–water partition coefficient (Wildman–Crippen LogP) is 4.86. The van der Waals surface area contributed by atoms with Gasteiger partial charge >= 0.3 is 0 Å². The van der Waals surface area contributed by atoms with Crippen molar-refractivity contribution >= 4 is 5.71 Å². The van der Waals surface area contributed by atoms with Gasteiger partial charge in [0, 0.05) is 43.7 Å². The number of pyridine rings is 1. The molecule has 0 saturated heterocycles. The molecule has 0 aromatic carbocycles. The summed E-state index contributed by atoms with van der Waals surface area (Å²) in [5, 5.41) is 0. The Balaban J connectivity index is 0.00000220. The molecule has 21 heavy (non-hydrogen) atoms. The molecule has 1 aromatic rings. The van der Waals surface area contributed by atoms with Crippen molar-refractivity contribution in [3.05, 3.63) is 42.4 Å². The molecule has 0 N–H and O–H groups in total. The van der Waals surface area contributed by atoms with Gasteiger partial charge < -0.3 is 0 Å². The van der Waals surface area contributed by atoms with E-state index in [9.17, 15) is 0 Å². The van der Waals surface area contributed by atoms with Gasteiger partial charge in [0.05, 0.1) is 11.4 Å². The zero-order chi connectivity index (χ0) is 15.0. The summed E-state index contributed by atoms with van der Waals surface area (Å²) < 4.78 is 0. The fraction of sp³-hybridized carbons (Fsp3) is 0.556. The monoisotopic (exact) mass is 372 g/mol. The van der Waals surface area contributed by atoms with Crippen molar-refractivity contribution in [1.29, 1.82) is 0 Å². The Morgan fingerprint density at radius 2 is 1.62 bits per heavy atom. The summed E-state index contributed by atoms with van der Waals surface area (Å²) in [6, 6.07) is 6.02. The average Bonchev–Trinajstić information content (AvgIpc) is 2.37. The minimum atomic E-state index is 0. The summed E-state index contributed by atoms with van der Waals surface area (Å²) in [6.45, 7) is 13.9. The summed E-state index contributed by atoms with van der Waals surface area (Å²) in [6.07, 6.45) is 7.06. The number of rotatable bonds is 1. The zero-order valence-electron chi connectivity index (χ0n) is 13.9. The summed E-state index contributed by atoms with van der Waals surface area (Å²) in [5.74, 6) is 0. The standard InChI is InChI=1S/C18H26N2.Ru/c1-16(2,3)18(17(4,5)6)10-12-20-15(13-18)14-9-7-8-11-19-14;/h7-12H,13H2,1-6H3;. The first-order chi connectivity index (χ1) is 9.17. The predicted molar refractivity (Wildman–Crippen MR) is 85.9 cm³/mol. The van der Waals surface area contributed by atoms with Crippen LogP contribution in [0.5, 0.6) is 0 Å². The van der Waals surface area contributed by atoms with Crippen LogP contribution in [0.25, 0.3) is 0 Å². The molecule has 1 aliphatic heterocycles. The number of aliphatic imine (C=N–C) groups is 1. The van der Waals surface area contributed by atoms with Crippen molar-refractivity contribution < 1.29 is 19.5 Å². The zero-order valence-corrected chi connectivity index (χ0v) is 15.7. The molecule has 0 aliphatic carbocycles. The molecule has 0 atom stereocenters. The van der Waals surface area contributed by atoms with Gasteiger partial charge in [-0.15, -0.1) is 0 Å². The van der Waals surface area contributed by atoms with Crippen LogP contribution < -0.4 is 0 Å². The third-order valence-corrected chi connectivity index (χ3v) is 4.67. The van der Waals surface area contributed by atoms with Gasteiger partial charge in [-0.05, 0) is 23.0 Å². The van der Waals surface area contributed by atoms with E-state index in [4.69, 9.17) is 0 Å². The third kappa shape index (κ3) is 3.34. The fourth-order valence-corrected chi connectivity index (χ4v) is 3.47. The van der Waals surface area contributed by atoms with E-state index in [0.717, 1.165) is 17.8 Å². The van der Waals surface area contributed by atoms with Crippen molar-refractivity contribution in [3.8, 4) is 0 Å². The molecule has 0 spiro atoms. The number of aromatic nitrogens is 1. The van der Waals surface area contributed by atoms with Crippen LogP contribution in [0.15, 0.2) is 41.7 Å². The van der Waals surface area contributed by atoms with Gasteiger partial charge in [-0.3, -0.25) is 9.98 Å². The summed E-state index contributed by atoms with van der Waals surface area (Å²) in [4.78, 5) is 9.06. The van der Waals surface area contributed by atoms with Crippen LogP contribution in [0, 0.1) is 16.2 Å². The Morgan fingerprint density at radius 3 is 2.10 bits per heavy atom. The fourth-order valence-electron chi connectivity index (χ4n) is 3.47. The smallest absolute Gasteiger partial charge is 0.0844 e. The molecule has 1 aliphatic rings. The molecule has 2 heterocycles. The maximum atomic E-state index is 4.60. The quantitative estimate of drug-likeness (QED) is 0.647. The first kappa shape index (κ1) is 18.2. The molecule has 3 heteroatoms. The van der Waals surface area contributed by atoms with Crippen LogP contribution in [-0.4, -0.2) is 10.7 Å². The second kappa shape index (κ2) is 6.12. The molecule has 116 valence electrons. The van der Waals surface area contributed by atoms with Crippen molar-refractivity contribution in [2.45, 2.75) is 48.0 Å². The minimum absolute atomic E-state index is 0. The Kier molecular flexibility index (Phi) is 5.32. The Morgan fingerprint density at radius 1 is 1.00 bits per heavy atom. The number of hydrogen-bond donors (Lipinski definition) is 0. The molecule has 0 saturated carbocycles. The van der Waals surface area contributed by atoms with Crippen LogP contribution in [0.2, 0.25) is 0 Å². The Bertz CT molecular complexity index is 517. The van der Waals surface area contributed by atoms with Gasteiger partial charge in [-0.2, -0.15) is 0 Å². The van der Waals surface area contributed by atoms with E-state index in [-0.39, 0.29) is 35.7 Å². The molecule has 0 unspecified atom stereocenters. The van der Waals surface area contributed by atoms with Crippen LogP contribution >= 0.6 is 0 Å². The van der Waals surface area contributed by atoms with E-state index in [1.165, 1.54) is 0 Å².